The van der Waals surface area contributed by atoms with Crippen LogP contribution in [-0.4, -0.2) is 26.2 Å². The Hall–Kier alpha value is -1.99. The molecule has 2 aromatic rings. The minimum atomic E-state index is -0.585. The van der Waals surface area contributed by atoms with E-state index in [1.807, 2.05) is 0 Å². The highest BCUT2D eigenvalue weighted by Gasteiger charge is 2.37. The van der Waals surface area contributed by atoms with Crippen LogP contribution in [0, 0.1) is 5.95 Å². The number of pyridine rings is 1. The van der Waals surface area contributed by atoms with E-state index in [9.17, 15) is 9.18 Å². The number of aromatic nitrogens is 1. The Labute approximate surface area is 166 Å². The van der Waals surface area contributed by atoms with Crippen LogP contribution in [0.4, 0.5) is 4.39 Å². The van der Waals surface area contributed by atoms with E-state index in [0.717, 1.165) is 25.7 Å². The standard InChI is InChI=1S/C20H19FN2O2S2/c21-18-15(8-5-11-22-18)16-10-9-14(25-16)12-17-19(24)23(20(26)27-17)13-6-3-1-2-4-7-13/h5,8-13H,1-4,6-7H2. The zero-order valence-corrected chi connectivity index (χ0v) is 16.3. The number of hydrogen-bond acceptors (Lipinski definition) is 5. The van der Waals surface area contributed by atoms with Crippen LogP contribution in [0.15, 0.2) is 39.8 Å². The molecule has 3 heterocycles. The van der Waals surface area contributed by atoms with E-state index in [1.165, 1.54) is 30.8 Å². The van der Waals surface area contributed by atoms with Gasteiger partial charge in [0.25, 0.3) is 5.91 Å². The van der Waals surface area contributed by atoms with Gasteiger partial charge in [0.15, 0.2) is 0 Å². The van der Waals surface area contributed by atoms with Crippen molar-refractivity contribution in [2.24, 2.45) is 0 Å². The lowest BCUT2D eigenvalue weighted by Crippen LogP contribution is -2.38. The van der Waals surface area contributed by atoms with E-state index in [2.05, 4.69) is 4.98 Å². The summed E-state index contributed by atoms with van der Waals surface area (Å²) < 4.78 is 20.2. The maximum Gasteiger partial charge on any atom is 0.266 e. The van der Waals surface area contributed by atoms with Gasteiger partial charge in [0.05, 0.1) is 10.5 Å². The fraction of sp³-hybridized carbons (Fsp3) is 0.350. The quantitative estimate of drug-likeness (QED) is 0.297. The van der Waals surface area contributed by atoms with E-state index in [0.29, 0.717) is 26.3 Å². The van der Waals surface area contributed by atoms with Crippen molar-refractivity contribution in [1.82, 2.24) is 9.88 Å². The molecule has 0 aromatic carbocycles. The van der Waals surface area contributed by atoms with Gasteiger partial charge in [0, 0.05) is 18.3 Å². The van der Waals surface area contributed by atoms with E-state index >= 15 is 0 Å². The van der Waals surface area contributed by atoms with E-state index in [-0.39, 0.29) is 11.9 Å². The van der Waals surface area contributed by atoms with Gasteiger partial charge in [-0.25, -0.2) is 4.98 Å². The molecule has 1 aliphatic carbocycles. The molecule has 1 aliphatic heterocycles. The molecule has 1 saturated heterocycles. The Morgan fingerprint density at radius 1 is 1.22 bits per heavy atom. The zero-order valence-electron chi connectivity index (χ0n) is 14.7. The van der Waals surface area contributed by atoms with Gasteiger partial charge in [0.2, 0.25) is 5.95 Å². The van der Waals surface area contributed by atoms with Crippen molar-refractivity contribution in [3.63, 3.8) is 0 Å². The minimum absolute atomic E-state index is 0.0533. The molecule has 2 fully saturated rings. The molecular weight excluding hydrogens is 383 g/mol. The number of halogens is 1. The highest BCUT2D eigenvalue weighted by Crippen LogP contribution is 2.37. The average molecular weight is 403 g/mol. The topological polar surface area (TPSA) is 46.3 Å². The molecule has 0 atom stereocenters. The van der Waals surface area contributed by atoms with Crippen LogP contribution in [0.5, 0.6) is 0 Å². The monoisotopic (exact) mass is 402 g/mol. The zero-order chi connectivity index (χ0) is 18.8. The minimum Gasteiger partial charge on any atom is -0.457 e. The van der Waals surface area contributed by atoms with Gasteiger partial charge in [0.1, 0.15) is 15.8 Å². The summed E-state index contributed by atoms with van der Waals surface area (Å²) in [7, 11) is 0. The first-order valence-corrected chi connectivity index (χ1v) is 10.3. The number of nitrogens with zero attached hydrogens (tertiary/aromatic N) is 2. The number of carbonyl (C=O) groups is 1. The maximum absolute atomic E-state index is 13.8. The second kappa shape index (κ2) is 7.94. The fourth-order valence-corrected chi connectivity index (χ4v) is 4.97. The summed E-state index contributed by atoms with van der Waals surface area (Å²) in [4.78, 5) is 18.9. The molecule has 4 rings (SSSR count). The van der Waals surface area contributed by atoms with Crippen LogP contribution >= 0.6 is 24.0 Å². The molecule has 1 amide bonds. The van der Waals surface area contributed by atoms with Crippen molar-refractivity contribution >= 4 is 40.3 Å². The summed E-state index contributed by atoms with van der Waals surface area (Å²) in [5.74, 6) is 0.237. The molecule has 0 bridgehead atoms. The number of carbonyl (C=O) groups excluding carboxylic acids is 1. The first kappa shape index (κ1) is 18.4. The van der Waals surface area contributed by atoms with Gasteiger partial charge >= 0.3 is 0 Å². The van der Waals surface area contributed by atoms with Gasteiger partial charge in [-0.3, -0.25) is 9.69 Å². The van der Waals surface area contributed by atoms with Gasteiger partial charge in [-0.1, -0.05) is 49.7 Å². The van der Waals surface area contributed by atoms with Crippen molar-refractivity contribution in [1.29, 1.82) is 0 Å². The molecule has 1 saturated carbocycles. The molecule has 2 aromatic heterocycles. The third-order valence-electron chi connectivity index (χ3n) is 4.94. The number of thiocarbonyl (C=S) groups is 1. The fourth-order valence-electron chi connectivity index (χ4n) is 3.58. The van der Waals surface area contributed by atoms with Crippen molar-refractivity contribution in [2.45, 2.75) is 44.6 Å². The number of amides is 1. The average Bonchev–Trinajstić information content (AvgIpc) is 3.10. The number of rotatable bonds is 3. The second-order valence-electron chi connectivity index (χ2n) is 6.74. The SMILES string of the molecule is O=C1C(=Cc2ccc(-c3cccnc3F)o2)SC(=S)N1C1CCCCCC1. The smallest absolute Gasteiger partial charge is 0.266 e. The van der Waals surface area contributed by atoms with Crippen LogP contribution in [-0.2, 0) is 4.79 Å². The van der Waals surface area contributed by atoms with E-state index < -0.39 is 5.95 Å². The van der Waals surface area contributed by atoms with Crippen molar-refractivity contribution in [3.05, 3.63) is 47.1 Å². The molecule has 0 N–H and O–H groups in total. The summed E-state index contributed by atoms with van der Waals surface area (Å²) in [6.45, 7) is 0. The molecular formula is C20H19FN2O2S2. The van der Waals surface area contributed by atoms with Gasteiger partial charge in [-0.05, 0) is 37.1 Å². The van der Waals surface area contributed by atoms with Crippen LogP contribution < -0.4 is 0 Å². The van der Waals surface area contributed by atoms with Gasteiger partial charge < -0.3 is 4.42 Å². The Morgan fingerprint density at radius 3 is 2.74 bits per heavy atom. The Balaban J connectivity index is 1.55. The van der Waals surface area contributed by atoms with Crippen LogP contribution in [0.25, 0.3) is 17.4 Å². The molecule has 0 spiro atoms. The molecule has 140 valence electrons. The first-order valence-electron chi connectivity index (χ1n) is 9.11. The predicted molar refractivity (Wildman–Crippen MR) is 108 cm³/mol. The molecule has 0 unspecified atom stereocenters. The Bertz CT molecular complexity index is 901. The van der Waals surface area contributed by atoms with Crippen molar-refractivity contribution < 1.29 is 13.6 Å². The summed E-state index contributed by atoms with van der Waals surface area (Å²) in [6.07, 6.45) is 9.81. The summed E-state index contributed by atoms with van der Waals surface area (Å²) in [6, 6.07) is 6.86. The third kappa shape index (κ3) is 3.84. The summed E-state index contributed by atoms with van der Waals surface area (Å²) >= 11 is 6.78. The number of furan rings is 1. The number of thioether (sulfide) groups is 1. The van der Waals surface area contributed by atoms with Gasteiger partial charge in [-0.2, -0.15) is 4.39 Å². The highest BCUT2D eigenvalue weighted by atomic mass is 32.2. The van der Waals surface area contributed by atoms with Crippen LogP contribution in [0.3, 0.4) is 0 Å². The molecule has 2 aliphatic rings. The highest BCUT2D eigenvalue weighted by molar-refractivity contribution is 8.26. The van der Waals surface area contributed by atoms with Crippen molar-refractivity contribution in [3.8, 4) is 11.3 Å². The molecule has 0 radical (unpaired) electrons. The normalized spacial score (nSPS) is 20.5. The molecule has 7 heteroatoms. The van der Waals surface area contributed by atoms with Crippen molar-refractivity contribution in [2.75, 3.05) is 0 Å². The lowest BCUT2D eigenvalue weighted by molar-refractivity contribution is -0.123. The maximum atomic E-state index is 13.8. The third-order valence-corrected chi connectivity index (χ3v) is 6.27. The second-order valence-corrected chi connectivity index (χ2v) is 8.42. The Kier molecular flexibility index (Phi) is 5.41. The first-order chi connectivity index (χ1) is 13.1. The van der Waals surface area contributed by atoms with Crippen LogP contribution in [0.2, 0.25) is 0 Å². The van der Waals surface area contributed by atoms with E-state index in [1.54, 1.807) is 35.2 Å². The molecule has 4 nitrogen and oxygen atoms in total. The summed E-state index contributed by atoms with van der Waals surface area (Å²) in [5.41, 5.74) is 0.295. The van der Waals surface area contributed by atoms with E-state index in [4.69, 9.17) is 16.6 Å². The van der Waals surface area contributed by atoms with Gasteiger partial charge in [-0.15, -0.1) is 0 Å². The number of hydrogen-bond donors (Lipinski definition) is 0. The predicted octanol–water partition coefficient (Wildman–Crippen LogP) is 5.40. The lowest BCUT2D eigenvalue weighted by atomic mass is 10.1. The largest absolute Gasteiger partial charge is 0.457 e. The van der Waals surface area contributed by atoms with Crippen LogP contribution in [0.1, 0.15) is 44.3 Å². The Morgan fingerprint density at radius 2 is 2.00 bits per heavy atom. The lowest BCUT2D eigenvalue weighted by Gasteiger charge is -2.25. The molecule has 27 heavy (non-hydrogen) atoms. The summed E-state index contributed by atoms with van der Waals surface area (Å²) in [5, 5.41) is 0.